The van der Waals surface area contributed by atoms with Crippen molar-refractivity contribution >= 4 is 23.2 Å². The van der Waals surface area contributed by atoms with Crippen LogP contribution in [0.2, 0.25) is 5.02 Å². The van der Waals surface area contributed by atoms with Crippen LogP contribution >= 0.6 is 11.6 Å². The SMILES string of the molecule is Cc1nc2c3c(nn2c(C)c1Cl)CN(C(=O)c1ccc(F)cc1OC1CC(CCCF)C1)C3. The van der Waals surface area contributed by atoms with Gasteiger partial charge in [-0.1, -0.05) is 11.6 Å². The van der Waals surface area contributed by atoms with E-state index in [2.05, 4.69) is 10.1 Å². The zero-order valence-electron chi connectivity index (χ0n) is 18.6. The maximum atomic E-state index is 14.0. The first kappa shape index (κ1) is 22.1. The number of alkyl halides is 1. The molecule has 0 spiro atoms. The number of benzene rings is 1. The summed E-state index contributed by atoms with van der Waals surface area (Å²) in [5.74, 6) is -0.0123. The van der Waals surface area contributed by atoms with Crippen LogP contribution in [0, 0.1) is 25.6 Å². The van der Waals surface area contributed by atoms with E-state index in [0.29, 0.717) is 47.4 Å². The highest BCUT2D eigenvalue weighted by Gasteiger charge is 2.34. The number of amides is 1. The van der Waals surface area contributed by atoms with E-state index in [-0.39, 0.29) is 24.4 Å². The quantitative estimate of drug-likeness (QED) is 0.492. The van der Waals surface area contributed by atoms with Gasteiger partial charge in [0, 0.05) is 11.6 Å². The molecule has 1 aromatic carbocycles. The van der Waals surface area contributed by atoms with E-state index >= 15 is 0 Å². The van der Waals surface area contributed by atoms with Crippen molar-refractivity contribution in [3.8, 4) is 5.75 Å². The van der Waals surface area contributed by atoms with Gasteiger partial charge in [0.15, 0.2) is 5.65 Å². The van der Waals surface area contributed by atoms with Crippen LogP contribution in [-0.4, -0.2) is 38.2 Å². The molecule has 0 bridgehead atoms. The zero-order valence-corrected chi connectivity index (χ0v) is 19.3. The lowest BCUT2D eigenvalue weighted by atomic mass is 9.79. The third kappa shape index (κ3) is 3.94. The van der Waals surface area contributed by atoms with E-state index < -0.39 is 5.82 Å². The normalized spacial score (nSPS) is 19.6. The van der Waals surface area contributed by atoms with E-state index in [0.717, 1.165) is 36.2 Å². The second kappa shape index (κ2) is 8.56. The van der Waals surface area contributed by atoms with Gasteiger partial charge in [-0.3, -0.25) is 9.18 Å². The number of carbonyl (C=O) groups is 1. The monoisotopic (exact) mass is 474 g/mol. The first-order chi connectivity index (χ1) is 15.9. The van der Waals surface area contributed by atoms with Gasteiger partial charge in [-0.15, -0.1) is 0 Å². The molecular weight excluding hydrogens is 450 g/mol. The summed E-state index contributed by atoms with van der Waals surface area (Å²) in [5.41, 5.74) is 4.23. The van der Waals surface area contributed by atoms with Crippen LogP contribution < -0.4 is 4.74 Å². The van der Waals surface area contributed by atoms with Crippen LogP contribution in [0.15, 0.2) is 18.2 Å². The number of hydrogen-bond acceptors (Lipinski definition) is 4. The maximum Gasteiger partial charge on any atom is 0.258 e. The fourth-order valence-electron chi connectivity index (χ4n) is 4.75. The minimum Gasteiger partial charge on any atom is -0.489 e. The van der Waals surface area contributed by atoms with E-state index in [1.807, 2.05) is 13.8 Å². The molecule has 1 aliphatic heterocycles. The lowest BCUT2D eigenvalue weighted by Crippen LogP contribution is -2.35. The van der Waals surface area contributed by atoms with Gasteiger partial charge in [-0.25, -0.2) is 13.9 Å². The van der Waals surface area contributed by atoms with E-state index in [1.54, 1.807) is 9.42 Å². The lowest BCUT2D eigenvalue weighted by Gasteiger charge is -2.35. The van der Waals surface area contributed by atoms with Gasteiger partial charge in [0.25, 0.3) is 5.91 Å². The van der Waals surface area contributed by atoms with E-state index in [4.69, 9.17) is 16.3 Å². The molecule has 2 aliphatic rings. The standard InChI is InChI=1S/C24H25ClF2N4O2/c1-13-22(25)14(2)31-23(28-13)19-11-30(12-20(19)29-31)24(32)18-6-5-16(27)10-21(18)33-17-8-15(9-17)4-3-7-26/h5-6,10,15,17H,3-4,7-9,11-12H2,1-2H3. The topological polar surface area (TPSA) is 59.7 Å². The highest BCUT2D eigenvalue weighted by atomic mass is 35.5. The van der Waals surface area contributed by atoms with Crippen molar-refractivity contribution in [3.05, 3.63) is 57.2 Å². The molecular formula is C24H25ClF2N4O2. The van der Waals surface area contributed by atoms with Crippen molar-refractivity contribution in [3.63, 3.8) is 0 Å². The van der Waals surface area contributed by atoms with Gasteiger partial charge in [0.05, 0.1) is 53.5 Å². The number of halogens is 3. The molecule has 2 aromatic heterocycles. The molecule has 1 aliphatic carbocycles. The number of nitrogens with zero attached hydrogens (tertiary/aromatic N) is 4. The maximum absolute atomic E-state index is 14.0. The minimum absolute atomic E-state index is 0.0807. The van der Waals surface area contributed by atoms with E-state index in [9.17, 15) is 13.6 Å². The van der Waals surface area contributed by atoms with Crippen LogP contribution in [0.5, 0.6) is 5.75 Å². The summed E-state index contributed by atoms with van der Waals surface area (Å²) in [4.78, 5) is 19.6. The second-order valence-corrected chi connectivity index (χ2v) is 9.35. The van der Waals surface area contributed by atoms with Crippen LogP contribution in [-0.2, 0) is 13.1 Å². The van der Waals surface area contributed by atoms with Gasteiger partial charge in [-0.2, -0.15) is 5.10 Å². The van der Waals surface area contributed by atoms with Crippen molar-refractivity contribution in [1.29, 1.82) is 0 Å². The Kier molecular flexibility index (Phi) is 5.72. The van der Waals surface area contributed by atoms with Crippen LogP contribution in [0.4, 0.5) is 8.78 Å². The number of aromatic nitrogens is 3. The molecule has 3 heterocycles. The molecule has 5 rings (SSSR count). The van der Waals surface area contributed by atoms with Crippen LogP contribution in [0.1, 0.15) is 58.7 Å². The first-order valence-electron chi connectivity index (χ1n) is 11.2. The molecule has 9 heteroatoms. The number of ether oxygens (including phenoxy) is 1. The zero-order chi connectivity index (χ0) is 23.3. The van der Waals surface area contributed by atoms with Crippen molar-refractivity contribution in [2.75, 3.05) is 6.67 Å². The number of rotatable bonds is 6. The molecule has 0 N–H and O–H groups in total. The fourth-order valence-corrected chi connectivity index (χ4v) is 4.87. The number of aryl methyl sites for hydroxylation is 2. The Morgan fingerprint density at radius 2 is 2.06 bits per heavy atom. The number of fused-ring (bicyclic) bond motifs is 3. The van der Waals surface area contributed by atoms with Crippen LogP contribution in [0.3, 0.4) is 0 Å². The molecule has 0 radical (unpaired) electrons. The summed E-state index contributed by atoms with van der Waals surface area (Å²) >= 11 is 6.31. The molecule has 0 saturated heterocycles. The average Bonchev–Trinajstić information content (AvgIpc) is 3.32. The molecule has 33 heavy (non-hydrogen) atoms. The van der Waals surface area contributed by atoms with Crippen LogP contribution in [0.25, 0.3) is 5.65 Å². The van der Waals surface area contributed by atoms with E-state index in [1.165, 1.54) is 18.2 Å². The van der Waals surface area contributed by atoms with Gasteiger partial charge in [-0.05, 0) is 57.6 Å². The Hall–Kier alpha value is -2.74. The predicted molar refractivity (Wildman–Crippen MR) is 120 cm³/mol. The minimum atomic E-state index is -0.454. The molecule has 3 aromatic rings. The highest BCUT2D eigenvalue weighted by Crippen LogP contribution is 2.37. The smallest absolute Gasteiger partial charge is 0.258 e. The number of carbonyl (C=O) groups excluding carboxylic acids is 1. The molecule has 0 unspecified atom stereocenters. The second-order valence-electron chi connectivity index (χ2n) is 8.97. The lowest BCUT2D eigenvalue weighted by molar-refractivity contribution is 0.0552. The van der Waals surface area contributed by atoms with Crippen molar-refractivity contribution in [2.45, 2.75) is 58.7 Å². The molecule has 0 atom stereocenters. The third-order valence-electron chi connectivity index (χ3n) is 6.65. The summed E-state index contributed by atoms with van der Waals surface area (Å²) < 4.78 is 34.1. The summed E-state index contributed by atoms with van der Waals surface area (Å²) in [6, 6.07) is 4.01. The van der Waals surface area contributed by atoms with Crippen molar-refractivity contribution in [1.82, 2.24) is 19.5 Å². The first-order valence-corrected chi connectivity index (χ1v) is 11.6. The third-order valence-corrected chi connectivity index (χ3v) is 7.20. The van der Waals surface area contributed by atoms with Gasteiger partial charge >= 0.3 is 0 Å². The Labute approximate surface area is 195 Å². The van der Waals surface area contributed by atoms with Gasteiger partial charge in [0.1, 0.15) is 11.6 Å². The Morgan fingerprint density at radius 3 is 2.82 bits per heavy atom. The van der Waals surface area contributed by atoms with Crippen molar-refractivity contribution in [2.24, 2.45) is 5.92 Å². The van der Waals surface area contributed by atoms with Gasteiger partial charge < -0.3 is 9.64 Å². The Bertz CT molecular complexity index is 1240. The summed E-state index contributed by atoms with van der Waals surface area (Å²) in [5, 5.41) is 5.20. The summed E-state index contributed by atoms with van der Waals surface area (Å²) in [6.07, 6.45) is 2.90. The molecule has 1 fully saturated rings. The predicted octanol–water partition coefficient (Wildman–Crippen LogP) is 5.20. The average molecular weight is 475 g/mol. The number of hydrogen-bond donors (Lipinski definition) is 0. The largest absolute Gasteiger partial charge is 0.489 e. The Balaban J connectivity index is 1.34. The summed E-state index contributed by atoms with van der Waals surface area (Å²) in [6.45, 7) is 4.11. The summed E-state index contributed by atoms with van der Waals surface area (Å²) in [7, 11) is 0. The van der Waals surface area contributed by atoms with Gasteiger partial charge in [0.2, 0.25) is 0 Å². The molecule has 6 nitrogen and oxygen atoms in total. The molecule has 1 amide bonds. The highest BCUT2D eigenvalue weighted by molar-refractivity contribution is 6.31. The molecule has 1 saturated carbocycles. The van der Waals surface area contributed by atoms with Crippen molar-refractivity contribution < 1.29 is 18.3 Å². The molecule has 174 valence electrons. The fraction of sp³-hybridized carbons (Fsp3) is 0.458. The Morgan fingerprint density at radius 1 is 1.27 bits per heavy atom.